The minimum Gasteiger partial charge on any atom is -0.282 e. The summed E-state index contributed by atoms with van der Waals surface area (Å²) < 4.78 is 53.9. The van der Waals surface area contributed by atoms with Crippen molar-refractivity contribution in [3.63, 3.8) is 0 Å². The Bertz CT molecular complexity index is 852. The van der Waals surface area contributed by atoms with Gasteiger partial charge in [-0.05, 0) is 30.2 Å². The van der Waals surface area contributed by atoms with E-state index in [0.29, 0.717) is 6.42 Å². The molecule has 0 saturated heterocycles. The molecule has 0 atom stereocenters. The topological polar surface area (TPSA) is 66.1 Å². The van der Waals surface area contributed by atoms with E-state index in [1.54, 1.807) is 11.8 Å². The highest BCUT2D eigenvalue weighted by Crippen LogP contribution is 2.28. The molecule has 2 aromatic rings. The molecule has 0 saturated carbocycles. The fourth-order valence-electron chi connectivity index (χ4n) is 2.75. The molecule has 24 heavy (non-hydrogen) atoms. The van der Waals surface area contributed by atoms with Crippen LogP contribution in [0.2, 0.25) is 0 Å². The molecular weight excluding hydrogens is 356 g/mol. The Balaban J connectivity index is 1.91. The lowest BCUT2D eigenvalue weighted by Gasteiger charge is -2.26. The molecule has 1 aliphatic rings. The number of aryl methyl sites for hydroxylation is 1. The summed E-state index contributed by atoms with van der Waals surface area (Å²) in [6.07, 6.45) is 3.19. The van der Waals surface area contributed by atoms with E-state index >= 15 is 0 Å². The maximum atomic E-state index is 13.9. The van der Waals surface area contributed by atoms with Crippen LogP contribution in [0.15, 0.2) is 23.1 Å². The summed E-state index contributed by atoms with van der Waals surface area (Å²) in [6.45, 7) is 0.323. The normalized spacial score (nSPS) is 15.5. The first-order chi connectivity index (χ1) is 11.4. The highest BCUT2D eigenvalue weighted by Gasteiger charge is 2.32. The number of nitrogens with one attached hydrogen (secondary N) is 1. The van der Waals surface area contributed by atoms with Crippen molar-refractivity contribution >= 4 is 21.8 Å². The van der Waals surface area contributed by atoms with Gasteiger partial charge in [0.1, 0.15) is 16.5 Å². The molecule has 0 fully saturated rings. The first kappa shape index (κ1) is 17.4. The van der Waals surface area contributed by atoms with E-state index in [0.717, 1.165) is 47.3 Å². The molecule has 1 aliphatic heterocycles. The van der Waals surface area contributed by atoms with E-state index in [1.807, 2.05) is 6.26 Å². The second-order valence-electron chi connectivity index (χ2n) is 5.53. The van der Waals surface area contributed by atoms with Gasteiger partial charge in [0.2, 0.25) is 10.0 Å². The Hall–Kier alpha value is -1.45. The van der Waals surface area contributed by atoms with Crippen molar-refractivity contribution in [2.24, 2.45) is 0 Å². The van der Waals surface area contributed by atoms with Crippen molar-refractivity contribution in [3.05, 3.63) is 46.8 Å². The number of halogens is 2. The molecule has 0 radical (unpaired) electrons. The molecule has 1 aromatic carbocycles. The van der Waals surface area contributed by atoms with Gasteiger partial charge in [-0.15, -0.1) is 0 Å². The van der Waals surface area contributed by atoms with Crippen LogP contribution >= 0.6 is 11.8 Å². The Morgan fingerprint density at radius 3 is 2.92 bits per heavy atom. The van der Waals surface area contributed by atoms with Gasteiger partial charge in [0.15, 0.2) is 0 Å². The number of rotatable bonds is 5. The first-order valence-corrected chi connectivity index (χ1v) is 10.3. The minimum atomic E-state index is -4.10. The largest absolute Gasteiger partial charge is 0.282 e. The van der Waals surface area contributed by atoms with Crippen molar-refractivity contribution in [3.8, 4) is 0 Å². The number of benzene rings is 1. The van der Waals surface area contributed by atoms with Gasteiger partial charge in [0.05, 0.1) is 5.69 Å². The van der Waals surface area contributed by atoms with Gasteiger partial charge in [-0.25, -0.2) is 17.2 Å². The molecule has 1 N–H and O–H groups in total. The molecule has 1 aromatic heterocycles. The molecule has 130 valence electrons. The van der Waals surface area contributed by atoms with E-state index in [9.17, 15) is 17.2 Å². The number of thioether (sulfide) groups is 1. The SMILES string of the molecule is CSCCc1n[nH]c2c1CN(S(=O)(=O)c1cc(F)ccc1F)CC2. The number of aromatic amines is 1. The van der Waals surface area contributed by atoms with Gasteiger partial charge in [-0.1, -0.05) is 0 Å². The Kier molecular flexibility index (Phi) is 4.93. The summed E-state index contributed by atoms with van der Waals surface area (Å²) in [4.78, 5) is -0.625. The zero-order chi connectivity index (χ0) is 17.3. The van der Waals surface area contributed by atoms with Gasteiger partial charge in [0, 0.05) is 37.2 Å². The van der Waals surface area contributed by atoms with Gasteiger partial charge < -0.3 is 0 Å². The molecule has 2 heterocycles. The zero-order valence-corrected chi connectivity index (χ0v) is 14.7. The molecular formula is C15H17F2N3O2S2. The Morgan fingerprint density at radius 1 is 1.38 bits per heavy atom. The second-order valence-corrected chi connectivity index (χ2v) is 8.43. The number of H-pyrrole nitrogens is 1. The van der Waals surface area contributed by atoms with Crippen LogP contribution in [0, 0.1) is 11.6 Å². The molecule has 9 heteroatoms. The summed E-state index contributed by atoms with van der Waals surface area (Å²) in [5, 5.41) is 7.21. The van der Waals surface area contributed by atoms with Crippen LogP contribution < -0.4 is 0 Å². The minimum absolute atomic E-state index is 0.119. The van der Waals surface area contributed by atoms with E-state index in [1.165, 1.54) is 4.31 Å². The van der Waals surface area contributed by atoms with Gasteiger partial charge in [-0.3, -0.25) is 5.10 Å². The summed E-state index contributed by atoms with van der Waals surface area (Å²) in [5.74, 6) is -0.851. The second kappa shape index (κ2) is 6.81. The summed E-state index contributed by atoms with van der Waals surface area (Å²) >= 11 is 1.68. The number of hydrogen-bond acceptors (Lipinski definition) is 4. The number of aromatic nitrogens is 2. The molecule has 0 aliphatic carbocycles. The average molecular weight is 373 g/mol. The number of nitrogens with zero attached hydrogens (tertiary/aromatic N) is 2. The van der Waals surface area contributed by atoms with Crippen molar-refractivity contribution in [2.45, 2.75) is 24.3 Å². The van der Waals surface area contributed by atoms with Crippen LogP contribution in [0.4, 0.5) is 8.78 Å². The van der Waals surface area contributed by atoms with Gasteiger partial charge in [-0.2, -0.15) is 21.2 Å². The molecule has 0 spiro atoms. The lowest BCUT2D eigenvalue weighted by Crippen LogP contribution is -2.36. The van der Waals surface area contributed by atoms with Crippen LogP contribution in [0.5, 0.6) is 0 Å². The summed E-state index contributed by atoms with van der Waals surface area (Å²) in [5.41, 5.74) is 2.59. The molecule has 0 amide bonds. The first-order valence-electron chi connectivity index (χ1n) is 7.42. The number of hydrogen-bond donors (Lipinski definition) is 1. The summed E-state index contributed by atoms with van der Waals surface area (Å²) in [7, 11) is -4.10. The van der Waals surface area contributed by atoms with Crippen LogP contribution in [-0.2, 0) is 29.4 Å². The monoisotopic (exact) mass is 373 g/mol. The summed E-state index contributed by atoms with van der Waals surface area (Å²) in [6, 6.07) is 2.46. The van der Waals surface area contributed by atoms with Crippen LogP contribution in [0.1, 0.15) is 17.0 Å². The van der Waals surface area contributed by atoms with Gasteiger partial charge in [0.25, 0.3) is 0 Å². The van der Waals surface area contributed by atoms with Crippen molar-refractivity contribution < 1.29 is 17.2 Å². The van der Waals surface area contributed by atoms with Gasteiger partial charge >= 0.3 is 0 Å². The third kappa shape index (κ3) is 3.20. The maximum Gasteiger partial charge on any atom is 0.246 e. The molecule has 3 rings (SSSR count). The van der Waals surface area contributed by atoms with Crippen LogP contribution in [0.3, 0.4) is 0 Å². The molecule has 0 bridgehead atoms. The third-order valence-corrected chi connectivity index (χ3v) is 6.51. The smallest absolute Gasteiger partial charge is 0.246 e. The third-order valence-electron chi connectivity index (χ3n) is 4.04. The predicted molar refractivity (Wildman–Crippen MR) is 88.3 cm³/mol. The van der Waals surface area contributed by atoms with E-state index < -0.39 is 26.6 Å². The van der Waals surface area contributed by atoms with Crippen LogP contribution in [-0.4, -0.2) is 41.5 Å². The maximum absolute atomic E-state index is 13.9. The van der Waals surface area contributed by atoms with Crippen molar-refractivity contribution in [2.75, 3.05) is 18.6 Å². The quantitative estimate of drug-likeness (QED) is 0.874. The number of sulfonamides is 1. The average Bonchev–Trinajstić information content (AvgIpc) is 2.97. The predicted octanol–water partition coefficient (Wildman–Crippen LogP) is 2.34. The lowest BCUT2D eigenvalue weighted by molar-refractivity contribution is 0.385. The lowest BCUT2D eigenvalue weighted by atomic mass is 10.1. The van der Waals surface area contributed by atoms with E-state index in [4.69, 9.17) is 0 Å². The molecule has 5 nitrogen and oxygen atoms in total. The fourth-order valence-corrected chi connectivity index (χ4v) is 4.64. The highest BCUT2D eigenvalue weighted by molar-refractivity contribution is 7.98. The standard InChI is InChI=1S/C15H17F2N3O2S2/c1-23-7-5-14-11-9-20(6-4-13(11)18-19-14)24(21,22)15-8-10(16)2-3-12(15)17/h2-3,8H,4-7,9H2,1H3,(H,18,19). The highest BCUT2D eigenvalue weighted by atomic mass is 32.2. The number of fused-ring (bicyclic) bond motifs is 1. The fraction of sp³-hybridized carbons (Fsp3) is 0.400. The van der Waals surface area contributed by atoms with E-state index in [2.05, 4.69) is 10.2 Å². The molecule has 0 unspecified atom stereocenters. The Labute approximate surface area is 143 Å². The van der Waals surface area contributed by atoms with Crippen molar-refractivity contribution in [1.82, 2.24) is 14.5 Å². The van der Waals surface area contributed by atoms with Crippen LogP contribution in [0.25, 0.3) is 0 Å². The van der Waals surface area contributed by atoms with E-state index in [-0.39, 0.29) is 13.1 Å². The Morgan fingerprint density at radius 2 is 2.17 bits per heavy atom. The zero-order valence-electron chi connectivity index (χ0n) is 13.1. The van der Waals surface area contributed by atoms with Crippen molar-refractivity contribution in [1.29, 1.82) is 0 Å².